The Labute approximate surface area is 185 Å². The standard InChI is InChI=1S/C22H25N3O4S2/c26-20(17-3-5-18(6-4-17)25-31(28,29)19-2-1-7-30-19)23-24-21(27)22-11-14-8-15(12-22)10-16(9-14)13-22/h1-7,14-16,25H,8-13H2,(H,23,26)(H,24,27). The van der Waals surface area contributed by atoms with Gasteiger partial charge in [-0.2, -0.15) is 0 Å². The molecule has 164 valence electrons. The molecular weight excluding hydrogens is 434 g/mol. The van der Waals surface area contributed by atoms with E-state index in [0.717, 1.165) is 30.6 Å². The van der Waals surface area contributed by atoms with Crippen LogP contribution in [0.1, 0.15) is 48.9 Å². The van der Waals surface area contributed by atoms with Crippen LogP contribution in [0.4, 0.5) is 5.69 Å². The van der Waals surface area contributed by atoms with Gasteiger partial charge in [0.15, 0.2) is 0 Å². The van der Waals surface area contributed by atoms with Crippen LogP contribution in [0.15, 0.2) is 46.0 Å². The molecule has 0 atom stereocenters. The highest BCUT2D eigenvalue weighted by Gasteiger charge is 2.54. The van der Waals surface area contributed by atoms with E-state index in [2.05, 4.69) is 15.6 Å². The summed E-state index contributed by atoms with van der Waals surface area (Å²) in [5.74, 6) is 1.46. The van der Waals surface area contributed by atoms with E-state index in [1.807, 2.05) is 0 Å². The highest BCUT2D eigenvalue weighted by atomic mass is 32.2. The number of hydrazine groups is 1. The molecule has 31 heavy (non-hydrogen) atoms. The molecule has 4 saturated carbocycles. The number of anilines is 1. The minimum atomic E-state index is -3.64. The van der Waals surface area contributed by atoms with Gasteiger partial charge in [-0.25, -0.2) is 8.42 Å². The van der Waals surface area contributed by atoms with Crippen LogP contribution in [0, 0.1) is 23.2 Å². The second kappa shape index (κ2) is 7.63. The normalized spacial score (nSPS) is 28.8. The topological polar surface area (TPSA) is 104 Å². The average molecular weight is 460 g/mol. The highest BCUT2D eigenvalue weighted by molar-refractivity contribution is 7.94. The summed E-state index contributed by atoms with van der Waals surface area (Å²) >= 11 is 1.13. The first kappa shape index (κ1) is 20.5. The van der Waals surface area contributed by atoms with Crippen LogP contribution in [0.3, 0.4) is 0 Å². The molecule has 0 saturated heterocycles. The first-order chi connectivity index (χ1) is 14.8. The van der Waals surface area contributed by atoms with Gasteiger partial charge < -0.3 is 0 Å². The number of benzene rings is 1. The molecule has 4 aliphatic carbocycles. The minimum Gasteiger partial charge on any atom is -0.279 e. The first-order valence-corrected chi connectivity index (χ1v) is 13.0. The van der Waals surface area contributed by atoms with Crippen LogP contribution in [0.5, 0.6) is 0 Å². The van der Waals surface area contributed by atoms with Crippen molar-refractivity contribution in [3.63, 3.8) is 0 Å². The Morgan fingerprint density at radius 2 is 1.52 bits per heavy atom. The lowest BCUT2D eigenvalue weighted by atomic mass is 9.49. The largest absolute Gasteiger partial charge is 0.279 e. The van der Waals surface area contributed by atoms with E-state index >= 15 is 0 Å². The highest BCUT2D eigenvalue weighted by Crippen LogP contribution is 2.60. The molecule has 2 amide bonds. The van der Waals surface area contributed by atoms with Gasteiger partial charge in [0, 0.05) is 11.3 Å². The summed E-state index contributed by atoms with van der Waals surface area (Å²) in [4.78, 5) is 25.5. The number of nitrogens with one attached hydrogen (secondary N) is 3. The lowest BCUT2D eigenvalue weighted by molar-refractivity contribution is -0.147. The van der Waals surface area contributed by atoms with Gasteiger partial charge in [0.2, 0.25) is 5.91 Å². The quantitative estimate of drug-likeness (QED) is 0.595. The third kappa shape index (κ3) is 3.96. The monoisotopic (exact) mass is 459 g/mol. The fourth-order valence-corrected chi connectivity index (χ4v) is 8.07. The Bertz CT molecular complexity index is 1060. The zero-order valence-corrected chi connectivity index (χ0v) is 18.6. The number of rotatable bonds is 5. The molecule has 0 radical (unpaired) electrons. The Hall–Kier alpha value is -2.39. The zero-order chi connectivity index (χ0) is 21.6. The van der Waals surface area contributed by atoms with Crippen molar-refractivity contribution in [2.45, 2.75) is 42.7 Å². The number of carbonyl (C=O) groups is 2. The Morgan fingerprint density at radius 3 is 2.06 bits per heavy atom. The van der Waals surface area contributed by atoms with E-state index in [-0.39, 0.29) is 15.5 Å². The number of hydrogen-bond donors (Lipinski definition) is 3. The van der Waals surface area contributed by atoms with Crippen LogP contribution in [-0.4, -0.2) is 20.2 Å². The smallest absolute Gasteiger partial charge is 0.271 e. The predicted molar refractivity (Wildman–Crippen MR) is 118 cm³/mol. The summed E-state index contributed by atoms with van der Waals surface area (Å²) in [5.41, 5.74) is 5.57. The van der Waals surface area contributed by atoms with Crippen LogP contribution in [0.2, 0.25) is 0 Å². The van der Waals surface area contributed by atoms with E-state index in [9.17, 15) is 18.0 Å². The molecule has 0 aliphatic heterocycles. The summed E-state index contributed by atoms with van der Waals surface area (Å²) in [6.45, 7) is 0. The molecular formula is C22H25N3O4S2. The van der Waals surface area contributed by atoms with E-state index < -0.39 is 15.9 Å². The number of hydrogen-bond acceptors (Lipinski definition) is 5. The zero-order valence-electron chi connectivity index (χ0n) is 17.0. The summed E-state index contributed by atoms with van der Waals surface area (Å²) in [5, 5.41) is 1.69. The number of thiophene rings is 1. The van der Waals surface area contributed by atoms with E-state index in [4.69, 9.17) is 0 Å². The second-order valence-corrected chi connectivity index (χ2v) is 12.1. The van der Waals surface area contributed by atoms with Crippen molar-refractivity contribution < 1.29 is 18.0 Å². The lowest BCUT2D eigenvalue weighted by Gasteiger charge is -2.55. The first-order valence-electron chi connectivity index (χ1n) is 10.6. The molecule has 0 unspecified atom stereocenters. The van der Waals surface area contributed by atoms with Crippen molar-refractivity contribution in [3.8, 4) is 0 Å². The molecule has 1 aromatic carbocycles. The second-order valence-electron chi connectivity index (χ2n) is 9.22. The number of sulfonamides is 1. The molecule has 0 spiro atoms. The van der Waals surface area contributed by atoms with Gasteiger partial charge in [0.25, 0.3) is 15.9 Å². The fraction of sp³-hybridized carbons (Fsp3) is 0.455. The van der Waals surface area contributed by atoms with Gasteiger partial charge in [-0.3, -0.25) is 25.2 Å². The Kier molecular flexibility index (Phi) is 5.05. The van der Waals surface area contributed by atoms with E-state index in [0.29, 0.717) is 29.0 Å². The van der Waals surface area contributed by atoms with Crippen LogP contribution < -0.4 is 15.6 Å². The molecule has 6 rings (SSSR count). The summed E-state index contributed by atoms with van der Waals surface area (Å²) in [7, 11) is -3.64. The summed E-state index contributed by atoms with van der Waals surface area (Å²) in [6, 6.07) is 9.31. The van der Waals surface area contributed by atoms with Crippen molar-refractivity contribution in [1.82, 2.24) is 10.9 Å². The molecule has 4 fully saturated rings. The maximum atomic E-state index is 13.0. The average Bonchev–Trinajstić information content (AvgIpc) is 3.27. The molecule has 7 nitrogen and oxygen atoms in total. The lowest BCUT2D eigenvalue weighted by Crippen LogP contribution is -2.56. The van der Waals surface area contributed by atoms with Gasteiger partial charge in [-0.05, 0) is 92.0 Å². The maximum absolute atomic E-state index is 13.0. The third-order valence-electron chi connectivity index (χ3n) is 6.97. The van der Waals surface area contributed by atoms with Gasteiger partial charge in [-0.15, -0.1) is 11.3 Å². The molecule has 1 aromatic heterocycles. The van der Waals surface area contributed by atoms with Gasteiger partial charge in [0.05, 0.1) is 5.41 Å². The van der Waals surface area contributed by atoms with Crippen molar-refractivity contribution in [3.05, 3.63) is 47.3 Å². The van der Waals surface area contributed by atoms with Gasteiger partial charge in [0.1, 0.15) is 4.21 Å². The van der Waals surface area contributed by atoms with E-state index in [1.165, 1.54) is 49.6 Å². The maximum Gasteiger partial charge on any atom is 0.271 e. The van der Waals surface area contributed by atoms with Crippen molar-refractivity contribution in [1.29, 1.82) is 0 Å². The SMILES string of the molecule is O=C(NNC(=O)C12CC3CC(CC(C3)C1)C2)c1ccc(NS(=O)(=O)c2cccs2)cc1. The molecule has 9 heteroatoms. The molecule has 4 aliphatic rings. The minimum absolute atomic E-state index is 0.0692. The fourth-order valence-electron chi connectivity index (χ4n) is 6.02. The van der Waals surface area contributed by atoms with Crippen LogP contribution in [0.25, 0.3) is 0 Å². The predicted octanol–water partition coefficient (Wildman–Crippen LogP) is 3.53. The number of carbonyl (C=O) groups excluding carboxylic acids is 2. The third-order valence-corrected chi connectivity index (χ3v) is 9.75. The molecule has 4 bridgehead atoms. The number of amides is 2. The van der Waals surface area contributed by atoms with Crippen LogP contribution in [-0.2, 0) is 14.8 Å². The Morgan fingerprint density at radius 1 is 0.903 bits per heavy atom. The van der Waals surface area contributed by atoms with Crippen LogP contribution >= 0.6 is 11.3 Å². The van der Waals surface area contributed by atoms with Gasteiger partial charge in [-0.1, -0.05) is 6.07 Å². The van der Waals surface area contributed by atoms with Crippen molar-refractivity contribution in [2.75, 3.05) is 4.72 Å². The molecule has 2 aromatic rings. The van der Waals surface area contributed by atoms with Crippen molar-refractivity contribution >= 4 is 38.9 Å². The van der Waals surface area contributed by atoms with Gasteiger partial charge >= 0.3 is 0 Å². The summed E-state index contributed by atoms with van der Waals surface area (Å²) in [6.07, 6.45) is 6.55. The summed E-state index contributed by atoms with van der Waals surface area (Å²) < 4.78 is 27.3. The molecule has 3 N–H and O–H groups in total. The van der Waals surface area contributed by atoms with Crippen molar-refractivity contribution in [2.24, 2.45) is 23.2 Å². The molecule has 1 heterocycles. The Balaban J connectivity index is 1.19. The van der Waals surface area contributed by atoms with E-state index in [1.54, 1.807) is 11.4 Å².